The number of aliphatic hydroxyl groups excluding tert-OH is 2. The van der Waals surface area contributed by atoms with Gasteiger partial charge in [-0.3, -0.25) is 0 Å². The summed E-state index contributed by atoms with van der Waals surface area (Å²) < 4.78 is 6.09. The summed E-state index contributed by atoms with van der Waals surface area (Å²) in [6.45, 7) is 3.80. The van der Waals surface area contributed by atoms with Gasteiger partial charge in [-0.05, 0) is 44.4 Å². The van der Waals surface area contributed by atoms with Gasteiger partial charge in [0.15, 0.2) is 0 Å². The van der Waals surface area contributed by atoms with Gasteiger partial charge < -0.3 is 14.9 Å². The van der Waals surface area contributed by atoms with Crippen LogP contribution in [0.15, 0.2) is 37.0 Å². The van der Waals surface area contributed by atoms with Crippen molar-refractivity contribution < 1.29 is 14.9 Å². The molecule has 2 saturated heterocycles. The van der Waals surface area contributed by atoms with Gasteiger partial charge in [-0.15, -0.1) is 6.58 Å². The summed E-state index contributed by atoms with van der Waals surface area (Å²) in [4.78, 5) is 0. The lowest BCUT2D eigenvalue weighted by atomic mass is 9.76. The quantitative estimate of drug-likeness (QED) is 0.480. The number of ether oxygens (including phenoxy) is 1. The largest absolute Gasteiger partial charge is 0.392 e. The van der Waals surface area contributed by atoms with E-state index >= 15 is 0 Å². The summed E-state index contributed by atoms with van der Waals surface area (Å²) in [5.74, 6) is 1.07. The molecule has 0 spiro atoms. The third-order valence-corrected chi connectivity index (χ3v) is 4.88. The van der Waals surface area contributed by atoms with Crippen LogP contribution in [-0.4, -0.2) is 35.1 Å². The summed E-state index contributed by atoms with van der Waals surface area (Å²) in [7, 11) is 0. The van der Waals surface area contributed by atoms with Gasteiger partial charge in [0.05, 0.1) is 24.9 Å². The number of hydrogen-bond donors (Lipinski definition) is 2. The lowest BCUT2D eigenvalue weighted by molar-refractivity contribution is 0.0884. The van der Waals surface area contributed by atoms with Gasteiger partial charge in [0.1, 0.15) is 0 Å². The van der Waals surface area contributed by atoms with Crippen LogP contribution in [0.3, 0.4) is 0 Å². The maximum absolute atomic E-state index is 9.84. The highest BCUT2D eigenvalue weighted by atomic mass is 16.5. The first-order chi connectivity index (χ1) is 10.8. The molecule has 2 N–H and O–H groups in total. The Balaban J connectivity index is 1.80. The van der Waals surface area contributed by atoms with E-state index in [0.717, 1.165) is 12.8 Å². The zero-order chi connectivity index (χ0) is 15.8. The van der Waals surface area contributed by atoms with Crippen molar-refractivity contribution in [3.63, 3.8) is 0 Å². The van der Waals surface area contributed by atoms with E-state index in [2.05, 4.69) is 18.7 Å². The second-order valence-corrected chi connectivity index (χ2v) is 6.45. The standard InChI is InChI=1S/C19H30O3/c1-2-8-15(21)10-11-17-16(18-12-13-19(17)22-18)9-6-4-3-5-7-14-20/h2,5,7,10-11,15-21H,1,3-4,6,8-9,12-14H2. The molecule has 0 aromatic heterocycles. The van der Waals surface area contributed by atoms with Crippen LogP contribution in [0.4, 0.5) is 0 Å². The molecule has 2 rings (SSSR count). The maximum atomic E-state index is 9.84. The van der Waals surface area contributed by atoms with E-state index in [0.29, 0.717) is 30.5 Å². The van der Waals surface area contributed by atoms with Crippen molar-refractivity contribution in [1.29, 1.82) is 0 Å². The molecular formula is C19H30O3. The number of aliphatic hydroxyl groups is 2. The predicted molar refractivity (Wildman–Crippen MR) is 89.5 cm³/mol. The molecule has 124 valence electrons. The van der Waals surface area contributed by atoms with Crippen LogP contribution in [0.5, 0.6) is 0 Å². The first-order valence-electron chi connectivity index (χ1n) is 8.65. The Hall–Kier alpha value is -0.900. The Morgan fingerprint density at radius 3 is 2.77 bits per heavy atom. The fourth-order valence-electron chi connectivity index (χ4n) is 3.80. The highest BCUT2D eigenvalue weighted by molar-refractivity contribution is 5.07. The van der Waals surface area contributed by atoms with E-state index in [-0.39, 0.29) is 6.61 Å². The molecule has 2 fully saturated rings. The normalized spacial score (nSPS) is 32.3. The van der Waals surface area contributed by atoms with E-state index in [1.165, 1.54) is 25.7 Å². The average molecular weight is 306 g/mol. The molecule has 2 aliphatic heterocycles. The smallest absolute Gasteiger partial charge is 0.0755 e. The molecule has 22 heavy (non-hydrogen) atoms. The number of unbranched alkanes of at least 4 members (excludes halogenated alkanes) is 2. The molecule has 3 heteroatoms. The van der Waals surface area contributed by atoms with Crippen LogP contribution in [-0.2, 0) is 4.74 Å². The molecule has 0 amide bonds. The summed E-state index contributed by atoms with van der Waals surface area (Å²) in [5.41, 5.74) is 0. The Labute approximate surface area is 134 Å². The van der Waals surface area contributed by atoms with Crippen LogP contribution in [0.1, 0.15) is 44.9 Å². The second kappa shape index (κ2) is 9.29. The van der Waals surface area contributed by atoms with E-state index < -0.39 is 6.10 Å². The van der Waals surface area contributed by atoms with Crippen molar-refractivity contribution in [3.05, 3.63) is 37.0 Å². The van der Waals surface area contributed by atoms with E-state index in [1.807, 2.05) is 12.2 Å². The van der Waals surface area contributed by atoms with Gasteiger partial charge >= 0.3 is 0 Å². The molecule has 2 aliphatic rings. The highest BCUT2D eigenvalue weighted by Crippen LogP contribution is 2.46. The topological polar surface area (TPSA) is 49.7 Å². The molecule has 5 atom stereocenters. The number of allylic oxidation sites excluding steroid dienone is 1. The zero-order valence-electron chi connectivity index (χ0n) is 13.4. The average Bonchev–Trinajstić information content (AvgIpc) is 3.10. The molecule has 0 saturated carbocycles. The Morgan fingerprint density at radius 1 is 1.18 bits per heavy atom. The van der Waals surface area contributed by atoms with Crippen molar-refractivity contribution in [2.24, 2.45) is 11.8 Å². The number of hydrogen-bond acceptors (Lipinski definition) is 3. The number of fused-ring (bicyclic) bond motifs is 2. The molecule has 0 aromatic rings. The first kappa shape index (κ1) is 17.5. The summed E-state index contributed by atoms with van der Waals surface area (Å²) in [5, 5.41) is 18.5. The van der Waals surface area contributed by atoms with Gasteiger partial charge in [0.25, 0.3) is 0 Å². The van der Waals surface area contributed by atoms with Crippen molar-refractivity contribution in [2.45, 2.75) is 63.3 Å². The van der Waals surface area contributed by atoms with Crippen LogP contribution in [0.2, 0.25) is 0 Å². The molecule has 0 aliphatic carbocycles. The second-order valence-electron chi connectivity index (χ2n) is 6.45. The third-order valence-electron chi connectivity index (χ3n) is 4.88. The summed E-state index contributed by atoms with van der Waals surface area (Å²) in [6, 6.07) is 0. The fourth-order valence-corrected chi connectivity index (χ4v) is 3.80. The van der Waals surface area contributed by atoms with Crippen LogP contribution in [0, 0.1) is 11.8 Å². The molecular weight excluding hydrogens is 276 g/mol. The first-order valence-corrected chi connectivity index (χ1v) is 8.65. The van der Waals surface area contributed by atoms with Crippen LogP contribution >= 0.6 is 0 Å². The molecule has 3 nitrogen and oxygen atoms in total. The molecule has 5 unspecified atom stereocenters. The monoisotopic (exact) mass is 306 g/mol. The van der Waals surface area contributed by atoms with E-state index in [4.69, 9.17) is 9.84 Å². The van der Waals surface area contributed by atoms with Crippen molar-refractivity contribution >= 4 is 0 Å². The van der Waals surface area contributed by atoms with Gasteiger partial charge in [-0.2, -0.15) is 0 Å². The zero-order valence-corrected chi connectivity index (χ0v) is 13.4. The fraction of sp³-hybridized carbons (Fsp3) is 0.684. The molecule has 2 bridgehead atoms. The lowest BCUT2D eigenvalue weighted by Gasteiger charge is -2.26. The van der Waals surface area contributed by atoms with Gasteiger partial charge in [0.2, 0.25) is 0 Å². The van der Waals surface area contributed by atoms with Gasteiger partial charge in [0, 0.05) is 5.92 Å². The third kappa shape index (κ3) is 4.80. The maximum Gasteiger partial charge on any atom is 0.0755 e. The molecule has 0 aromatic carbocycles. The Kier molecular flexibility index (Phi) is 7.37. The molecule has 2 heterocycles. The minimum absolute atomic E-state index is 0.139. The van der Waals surface area contributed by atoms with Crippen molar-refractivity contribution in [2.75, 3.05) is 6.61 Å². The lowest BCUT2D eigenvalue weighted by Crippen LogP contribution is -2.26. The van der Waals surface area contributed by atoms with Crippen molar-refractivity contribution in [1.82, 2.24) is 0 Å². The van der Waals surface area contributed by atoms with Gasteiger partial charge in [-0.1, -0.05) is 36.8 Å². The predicted octanol–water partition coefficient (Wildman–Crippen LogP) is 3.38. The Morgan fingerprint density at radius 2 is 2.00 bits per heavy atom. The van der Waals surface area contributed by atoms with E-state index in [1.54, 1.807) is 6.08 Å². The minimum atomic E-state index is -0.416. The summed E-state index contributed by atoms with van der Waals surface area (Å²) >= 11 is 0. The van der Waals surface area contributed by atoms with Gasteiger partial charge in [-0.25, -0.2) is 0 Å². The van der Waals surface area contributed by atoms with E-state index in [9.17, 15) is 5.11 Å². The Bertz CT molecular complexity index is 388. The highest BCUT2D eigenvalue weighted by Gasteiger charge is 2.46. The minimum Gasteiger partial charge on any atom is -0.392 e. The van der Waals surface area contributed by atoms with Crippen molar-refractivity contribution in [3.8, 4) is 0 Å². The summed E-state index contributed by atoms with van der Waals surface area (Å²) in [6.07, 6.45) is 17.7. The number of rotatable bonds is 10. The SMILES string of the molecule is C=CCC(O)C=CC1C2CCC(O2)C1CCCCC=CCO. The van der Waals surface area contributed by atoms with Crippen LogP contribution < -0.4 is 0 Å². The van der Waals surface area contributed by atoms with Crippen LogP contribution in [0.25, 0.3) is 0 Å². The molecule has 0 radical (unpaired) electrons.